The molecule has 0 atom stereocenters. The summed E-state index contributed by atoms with van der Waals surface area (Å²) in [6, 6.07) is 5.57. The van der Waals surface area contributed by atoms with Crippen LogP contribution in [0.15, 0.2) is 18.2 Å². The van der Waals surface area contributed by atoms with E-state index < -0.39 is 5.97 Å². The molecule has 5 heteroatoms. The van der Waals surface area contributed by atoms with Crippen LogP contribution < -0.4 is 4.74 Å². The molecule has 2 N–H and O–H groups in total. The lowest BCUT2D eigenvalue weighted by Gasteiger charge is -2.14. The van der Waals surface area contributed by atoms with Crippen LogP contribution >= 0.6 is 0 Å². The zero-order chi connectivity index (χ0) is 14.8. The van der Waals surface area contributed by atoms with Crippen LogP contribution in [0, 0.1) is 6.92 Å². The van der Waals surface area contributed by atoms with Gasteiger partial charge in [-0.1, -0.05) is 0 Å². The Bertz CT molecular complexity index is 657. The van der Waals surface area contributed by atoms with E-state index in [1.165, 1.54) is 12.8 Å². The summed E-state index contributed by atoms with van der Waals surface area (Å²) in [4.78, 5) is 16.8. The van der Waals surface area contributed by atoms with E-state index >= 15 is 0 Å². The molecule has 0 unspecified atom stereocenters. The standard InChI is InChI=1S/C16H20N2O3/c1-11-15(16(19)20)13-10-12(4-5-14(13)17-11)21-9-8-18-6-2-3-7-18/h4-5,10,17H,2-3,6-9H2,1H3,(H,19,20). The van der Waals surface area contributed by atoms with E-state index in [0.29, 0.717) is 23.3 Å². The van der Waals surface area contributed by atoms with Gasteiger partial charge < -0.3 is 14.8 Å². The van der Waals surface area contributed by atoms with Crippen LogP contribution in [-0.4, -0.2) is 47.2 Å². The normalized spacial score (nSPS) is 15.7. The molecule has 1 aromatic heterocycles. The summed E-state index contributed by atoms with van der Waals surface area (Å²) >= 11 is 0. The van der Waals surface area contributed by atoms with Gasteiger partial charge in [-0.25, -0.2) is 4.79 Å². The average Bonchev–Trinajstić information content (AvgIpc) is 3.04. The SMILES string of the molecule is Cc1[nH]c2ccc(OCCN3CCCC3)cc2c1C(=O)O. The van der Waals surface area contributed by atoms with E-state index in [1.54, 1.807) is 6.92 Å². The van der Waals surface area contributed by atoms with Gasteiger partial charge in [-0.3, -0.25) is 4.90 Å². The minimum atomic E-state index is -0.909. The quantitative estimate of drug-likeness (QED) is 0.887. The molecule has 0 aliphatic carbocycles. The fourth-order valence-corrected chi connectivity index (χ4v) is 2.97. The molecule has 0 saturated carbocycles. The van der Waals surface area contributed by atoms with Crippen molar-refractivity contribution in [2.75, 3.05) is 26.2 Å². The van der Waals surface area contributed by atoms with Crippen molar-refractivity contribution in [2.45, 2.75) is 19.8 Å². The first kappa shape index (κ1) is 13.9. The molecule has 2 aromatic rings. The van der Waals surface area contributed by atoms with Crippen molar-refractivity contribution in [1.29, 1.82) is 0 Å². The Morgan fingerprint density at radius 3 is 2.86 bits per heavy atom. The van der Waals surface area contributed by atoms with E-state index in [1.807, 2.05) is 18.2 Å². The maximum Gasteiger partial charge on any atom is 0.338 e. The number of carbonyl (C=O) groups is 1. The first-order valence-electron chi connectivity index (χ1n) is 7.36. The first-order chi connectivity index (χ1) is 10.1. The number of likely N-dealkylation sites (tertiary alicyclic amines) is 1. The second kappa shape index (κ2) is 5.77. The average molecular weight is 288 g/mol. The molecule has 2 heterocycles. The molecule has 1 saturated heterocycles. The van der Waals surface area contributed by atoms with E-state index in [2.05, 4.69) is 9.88 Å². The van der Waals surface area contributed by atoms with Gasteiger partial charge in [-0.05, 0) is 51.1 Å². The number of ether oxygens (including phenoxy) is 1. The number of carboxylic acids is 1. The summed E-state index contributed by atoms with van der Waals surface area (Å²) in [5.74, 6) is -0.184. The molecule has 1 aliphatic heterocycles. The summed E-state index contributed by atoms with van der Waals surface area (Å²) in [7, 11) is 0. The summed E-state index contributed by atoms with van der Waals surface area (Å²) < 4.78 is 5.77. The number of nitrogens with zero attached hydrogens (tertiary/aromatic N) is 1. The number of aromatic nitrogens is 1. The number of aromatic carboxylic acids is 1. The fraction of sp³-hybridized carbons (Fsp3) is 0.438. The molecule has 3 rings (SSSR count). The van der Waals surface area contributed by atoms with Gasteiger partial charge in [0.2, 0.25) is 0 Å². The molecule has 0 amide bonds. The number of rotatable bonds is 5. The van der Waals surface area contributed by atoms with E-state index in [0.717, 1.165) is 30.9 Å². The number of aryl methyl sites for hydroxylation is 1. The fourth-order valence-electron chi connectivity index (χ4n) is 2.97. The molecule has 112 valence electrons. The highest BCUT2D eigenvalue weighted by atomic mass is 16.5. The first-order valence-corrected chi connectivity index (χ1v) is 7.36. The predicted molar refractivity (Wildman–Crippen MR) is 81.2 cm³/mol. The van der Waals surface area contributed by atoms with E-state index in [-0.39, 0.29) is 0 Å². The van der Waals surface area contributed by atoms with Crippen LogP contribution in [0.4, 0.5) is 0 Å². The van der Waals surface area contributed by atoms with E-state index in [4.69, 9.17) is 4.74 Å². The summed E-state index contributed by atoms with van der Waals surface area (Å²) in [5.41, 5.74) is 1.83. The number of carboxylic acid groups (broad SMARTS) is 1. The number of nitrogens with one attached hydrogen (secondary N) is 1. The third-order valence-electron chi connectivity index (χ3n) is 4.05. The molecule has 0 bridgehead atoms. The highest BCUT2D eigenvalue weighted by Gasteiger charge is 2.16. The lowest BCUT2D eigenvalue weighted by atomic mass is 10.1. The molecule has 1 aliphatic rings. The Labute approximate surface area is 123 Å². The van der Waals surface area contributed by atoms with Gasteiger partial charge in [0.15, 0.2) is 0 Å². The smallest absolute Gasteiger partial charge is 0.338 e. The van der Waals surface area contributed by atoms with Crippen molar-refractivity contribution in [3.8, 4) is 5.75 Å². The predicted octanol–water partition coefficient (Wildman–Crippen LogP) is 2.65. The van der Waals surface area contributed by atoms with Gasteiger partial charge in [0.1, 0.15) is 12.4 Å². The summed E-state index contributed by atoms with van der Waals surface area (Å²) in [5, 5.41) is 10.0. The molecular weight excluding hydrogens is 268 g/mol. The van der Waals surface area contributed by atoms with Crippen LogP contribution in [-0.2, 0) is 0 Å². The minimum Gasteiger partial charge on any atom is -0.492 e. The number of fused-ring (bicyclic) bond motifs is 1. The highest BCUT2D eigenvalue weighted by Crippen LogP contribution is 2.26. The zero-order valence-electron chi connectivity index (χ0n) is 12.2. The second-order valence-corrected chi connectivity index (χ2v) is 5.53. The van der Waals surface area contributed by atoms with Crippen LogP contribution in [0.5, 0.6) is 5.75 Å². The molecular formula is C16H20N2O3. The summed E-state index contributed by atoms with van der Waals surface area (Å²) in [6.45, 7) is 5.65. The minimum absolute atomic E-state index is 0.329. The van der Waals surface area contributed by atoms with Crippen molar-refractivity contribution >= 4 is 16.9 Å². The Morgan fingerprint density at radius 1 is 1.38 bits per heavy atom. The maximum atomic E-state index is 11.3. The van der Waals surface area contributed by atoms with Gasteiger partial charge in [0, 0.05) is 23.1 Å². The highest BCUT2D eigenvalue weighted by molar-refractivity contribution is 6.05. The van der Waals surface area contributed by atoms with Crippen LogP contribution in [0.25, 0.3) is 10.9 Å². The van der Waals surface area contributed by atoms with Crippen molar-refractivity contribution in [2.24, 2.45) is 0 Å². The number of benzene rings is 1. The number of hydrogen-bond acceptors (Lipinski definition) is 3. The molecule has 0 spiro atoms. The zero-order valence-corrected chi connectivity index (χ0v) is 12.2. The van der Waals surface area contributed by atoms with Crippen molar-refractivity contribution in [1.82, 2.24) is 9.88 Å². The van der Waals surface area contributed by atoms with Crippen LogP contribution in [0.2, 0.25) is 0 Å². The topological polar surface area (TPSA) is 65.6 Å². The number of hydrogen-bond donors (Lipinski definition) is 2. The Balaban J connectivity index is 1.73. The Kier molecular flexibility index (Phi) is 3.84. The maximum absolute atomic E-state index is 11.3. The largest absolute Gasteiger partial charge is 0.492 e. The van der Waals surface area contributed by atoms with Gasteiger partial charge in [-0.2, -0.15) is 0 Å². The third kappa shape index (κ3) is 2.88. The molecule has 1 aromatic carbocycles. The van der Waals surface area contributed by atoms with Crippen LogP contribution in [0.1, 0.15) is 28.9 Å². The Morgan fingerprint density at radius 2 is 2.14 bits per heavy atom. The van der Waals surface area contributed by atoms with E-state index in [9.17, 15) is 9.90 Å². The van der Waals surface area contributed by atoms with Crippen molar-refractivity contribution < 1.29 is 14.6 Å². The summed E-state index contributed by atoms with van der Waals surface area (Å²) in [6.07, 6.45) is 2.55. The van der Waals surface area contributed by atoms with Crippen molar-refractivity contribution in [3.05, 3.63) is 29.5 Å². The third-order valence-corrected chi connectivity index (χ3v) is 4.05. The molecule has 1 fully saturated rings. The Hall–Kier alpha value is -2.01. The molecule has 21 heavy (non-hydrogen) atoms. The second-order valence-electron chi connectivity index (χ2n) is 5.53. The monoisotopic (exact) mass is 288 g/mol. The van der Waals surface area contributed by atoms with Gasteiger partial charge in [0.25, 0.3) is 0 Å². The lowest BCUT2D eigenvalue weighted by Crippen LogP contribution is -2.25. The van der Waals surface area contributed by atoms with Gasteiger partial charge >= 0.3 is 5.97 Å². The molecule has 5 nitrogen and oxygen atoms in total. The van der Waals surface area contributed by atoms with Crippen molar-refractivity contribution in [3.63, 3.8) is 0 Å². The van der Waals surface area contributed by atoms with Gasteiger partial charge in [-0.15, -0.1) is 0 Å². The molecule has 0 radical (unpaired) electrons. The lowest BCUT2D eigenvalue weighted by molar-refractivity contribution is 0.0698. The van der Waals surface area contributed by atoms with Gasteiger partial charge in [0.05, 0.1) is 5.56 Å². The van der Waals surface area contributed by atoms with Crippen LogP contribution in [0.3, 0.4) is 0 Å². The number of H-pyrrole nitrogens is 1. The number of aromatic amines is 1.